The summed E-state index contributed by atoms with van der Waals surface area (Å²) in [4.78, 5) is 28.3. The van der Waals surface area contributed by atoms with E-state index in [4.69, 9.17) is 11.0 Å². The van der Waals surface area contributed by atoms with Crippen LogP contribution in [0.3, 0.4) is 0 Å². The number of aldehydes is 1. The number of benzene rings is 2. The van der Waals surface area contributed by atoms with Crippen LogP contribution in [0.1, 0.15) is 63.6 Å². The molecular weight excluding hydrogens is 431 g/mol. The van der Waals surface area contributed by atoms with Gasteiger partial charge in [0.25, 0.3) is 0 Å². The van der Waals surface area contributed by atoms with Crippen LogP contribution in [0.25, 0.3) is 0 Å². The van der Waals surface area contributed by atoms with Crippen LogP contribution in [0.15, 0.2) is 60.9 Å². The second kappa shape index (κ2) is 11.3. The number of fused-ring (bicyclic) bond motifs is 1. The molecule has 1 aliphatic carbocycles. The van der Waals surface area contributed by atoms with Crippen LogP contribution >= 0.6 is 0 Å². The van der Waals surface area contributed by atoms with E-state index in [0.29, 0.717) is 17.5 Å². The van der Waals surface area contributed by atoms with E-state index < -0.39 is 11.9 Å². The van der Waals surface area contributed by atoms with Crippen molar-refractivity contribution in [3.63, 3.8) is 0 Å². The normalized spacial score (nSPS) is 15.0. The molecule has 1 aromatic heterocycles. The molecule has 6 nitrogen and oxygen atoms in total. The monoisotopic (exact) mass is 458 g/mol. The summed E-state index contributed by atoms with van der Waals surface area (Å²) in [5.74, 6) is -0.566. The van der Waals surface area contributed by atoms with Gasteiger partial charge in [-0.1, -0.05) is 31.2 Å². The van der Waals surface area contributed by atoms with Crippen molar-refractivity contribution in [2.24, 2.45) is 5.73 Å². The van der Waals surface area contributed by atoms with E-state index >= 15 is 0 Å². The van der Waals surface area contributed by atoms with Crippen molar-refractivity contribution in [2.75, 3.05) is 7.05 Å². The highest BCUT2D eigenvalue weighted by molar-refractivity contribution is 5.81. The molecular formula is C27H27FN4O2. The Morgan fingerprint density at radius 2 is 2.12 bits per heavy atom. The number of rotatable bonds is 6. The summed E-state index contributed by atoms with van der Waals surface area (Å²) in [6.45, 7) is 2.01. The van der Waals surface area contributed by atoms with Crippen LogP contribution in [-0.4, -0.2) is 29.1 Å². The molecule has 0 bridgehead atoms. The van der Waals surface area contributed by atoms with E-state index in [1.165, 1.54) is 0 Å². The Kier molecular flexibility index (Phi) is 8.23. The second-order valence-electron chi connectivity index (χ2n) is 8.17. The summed E-state index contributed by atoms with van der Waals surface area (Å²) in [5, 5.41) is 8.39. The van der Waals surface area contributed by atoms with Gasteiger partial charge in [-0.2, -0.15) is 5.26 Å². The smallest absolute Gasteiger partial charge is 0.239 e. The summed E-state index contributed by atoms with van der Waals surface area (Å²) in [5.41, 5.74) is 10.2. The lowest BCUT2D eigenvalue weighted by Crippen LogP contribution is -2.37. The fourth-order valence-corrected chi connectivity index (χ4v) is 4.34. The first-order chi connectivity index (χ1) is 16.4. The molecule has 0 aliphatic heterocycles. The minimum atomic E-state index is -0.581. The van der Waals surface area contributed by atoms with Crippen LogP contribution in [-0.2, 0) is 17.6 Å². The molecule has 1 heterocycles. The fraction of sp³-hybridized carbons (Fsp3) is 0.259. The maximum absolute atomic E-state index is 14.3. The number of carbonyl (C=O) groups excluding carboxylic acids is 2. The summed E-state index contributed by atoms with van der Waals surface area (Å²) in [7, 11) is 1.87. The van der Waals surface area contributed by atoms with Gasteiger partial charge in [0.05, 0.1) is 11.6 Å². The topological polar surface area (TPSA) is 100 Å². The van der Waals surface area contributed by atoms with Gasteiger partial charge in [0, 0.05) is 24.0 Å². The highest BCUT2D eigenvalue weighted by Crippen LogP contribution is 2.40. The first kappa shape index (κ1) is 24.7. The first-order valence-corrected chi connectivity index (χ1v) is 11.1. The Morgan fingerprint density at radius 1 is 1.32 bits per heavy atom. The van der Waals surface area contributed by atoms with Gasteiger partial charge in [0.15, 0.2) is 0 Å². The van der Waals surface area contributed by atoms with Gasteiger partial charge >= 0.3 is 0 Å². The highest BCUT2D eigenvalue weighted by atomic mass is 19.1. The minimum Gasteiger partial charge on any atom is -0.368 e. The lowest BCUT2D eigenvalue weighted by Gasteiger charge is -2.32. The summed E-state index contributed by atoms with van der Waals surface area (Å²) >= 11 is 0. The van der Waals surface area contributed by atoms with Crippen molar-refractivity contribution in [1.82, 2.24) is 9.88 Å². The van der Waals surface area contributed by atoms with Crippen LogP contribution in [0.4, 0.5) is 4.39 Å². The molecule has 1 aliphatic rings. The lowest BCUT2D eigenvalue weighted by atomic mass is 9.99. The van der Waals surface area contributed by atoms with Crippen molar-refractivity contribution >= 4 is 12.2 Å². The molecule has 1 amide bonds. The number of nitrogens with zero attached hydrogens (tertiary/aromatic N) is 3. The quantitative estimate of drug-likeness (QED) is 0.555. The van der Waals surface area contributed by atoms with Crippen molar-refractivity contribution in [3.05, 3.63) is 100 Å². The number of carbonyl (C=O) groups is 2. The number of nitriles is 1. The van der Waals surface area contributed by atoms with Crippen molar-refractivity contribution < 1.29 is 14.0 Å². The number of likely N-dealkylation sites (N-methyl/N-ethyl adjacent to an activating group) is 1. The molecule has 3 aromatic rings. The maximum atomic E-state index is 14.3. The van der Waals surface area contributed by atoms with E-state index in [0.717, 1.165) is 41.4 Å². The van der Waals surface area contributed by atoms with Crippen molar-refractivity contribution in [3.8, 4) is 6.07 Å². The minimum absolute atomic E-state index is 0.0290. The van der Waals surface area contributed by atoms with E-state index in [-0.39, 0.29) is 11.9 Å². The number of aryl methyl sites for hydroxylation is 1. The molecule has 4 rings (SSSR count). The number of primary amides is 1. The summed E-state index contributed by atoms with van der Waals surface area (Å²) in [6, 6.07) is 15.2. The Morgan fingerprint density at radius 3 is 2.74 bits per heavy atom. The van der Waals surface area contributed by atoms with Crippen LogP contribution in [0, 0.1) is 17.1 Å². The molecule has 0 spiro atoms. The van der Waals surface area contributed by atoms with Gasteiger partial charge in [0.1, 0.15) is 18.1 Å². The van der Waals surface area contributed by atoms with Crippen molar-refractivity contribution in [2.45, 2.75) is 38.3 Å². The maximum Gasteiger partial charge on any atom is 0.239 e. The number of aromatic nitrogens is 1. The van der Waals surface area contributed by atoms with Crippen LogP contribution in [0.2, 0.25) is 0 Å². The van der Waals surface area contributed by atoms with Crippen LogP contribution < -0.4 is 5.73 Å². The predicted octanol–water partition coefficient (Wildman–Crippen LogP) is 4.30. The second-order valence-corrected chi connectivity index (χ2v) is 8.17. The van der Waals surface area contributed by atoms with Gasteiger partial charge in [-0.05, 0) is 72.8 Å². The third-order valence-electron chi connectivity index (χ3n) is 6.05. The van der Waals surface area contributed by atoms with E-state index in [2.05, 4.69) is 11.1 Å². The number of pyridine rings is 1. The van der Waals surface area contributed by atoms with Gasteiger partial charge in [-0.15, -0.1) is 0 Å². The van der Waals surface area contributed by atoms with Gasteiger partial charge in [0.2, 0.25) is 5.91 Å². The third kappa shape index (κ3) is 5.53. The average Bonchev–Trinajstić information content (AvgIpc) is 3.29. The zero-order chi connectivity index (χ0) is 24.7. The van der Waals surface area contributed by atoms with Crippen molar-refractivity contribution in [1.29, 1.82) is 5.26 Å². The van der Waals surface area contributed by atoms with Gasteiger partial charge < -0.3 is 5.73 Å². The molecule has 1 unspecified atom stereocenters. The number of halogens is 1. The van der Waals surface area contributed by atoms with Gasteiger partial charge in [-0.25, -0.2) is 4.39 Å². The molecule has 2 atom stereocenters. The van der Waals surface area contributed by atoms with E-state index in [9.17, 15) is 14.0 Å². The molecule has 0 saturated heterocycles. The molecule has 0 fully saturated rings. The molecule has 0 saturated carbocycles. The number of amides is 1. The zero-order valence-corrected chi connectivity index (χ0v) is 19.2. The Labute approximate surface area is 198 Å². The number of hydrogen-bond donors (Lipinski definition) is 1. The fourth-order valence-electron chi connectivity index (χ4n) is 4.34. The Bertz CT molecular complexity index is 1210. The summed E-state index contributed by atoms with van der Waals surface area (Å²) in [6.07, 6.45) is 6.28. The Hall–Kier alpha value is -3.89. The van der Waals surface area contributed by atoms with E-state index in [1.807, 2.05) is 31.0 Å². The zero-order valence-electron chi connectivity index (χ0n) is 19.2. The largest absolute Gasteiger partial charge is 0.368 e. The standard InChI is InChI=1S/C19H22FN3O.C8H5NO/c1-3-12-9-15-14(16(20)10-12)6-7-17(15)23(2)18(19(21)24)13-5-4-8-22-11-13;9-5-7-2-1-3-8(4-7)6-10/h4-5,8-11,17-18H,3,6-7H2,1-2H3,(H2,21,24);1-4,6H/t17?,18-;/m1./s1. The molecule has 174 valence electrons. The van der Waals surface area contributed by atoms with E-state index in [1.54, 1.807) is 48.8 Å². The number of nitrogens with two attached hydrogens (primary N) is 1. The molecule has 0 radical (unpaired) electrons. The predicted molar refractivity (Wildman–Crippen MR) is 127 cm³/mol. The average molecular weight is 459 g/mol. The summed E-state index contributed by atoms with van der Waals surface area (Å²) < 4.78 is 14.3. The molecule has 34 heavy (non-hydrogen) atoms. The van der Waals surface area contributed by atoms with Gasteiger partial charge in [-0.3, -0.25) is 19.5 Å². The third-order valence-corrected chi connectivity index (χ3v) is 6.05. The lowest BCUT2D eigenvalue weighted by molar-refractivity contribution is -0.123. The molecule has 7 heteroatoms. The Balaban J connectivity index is 0.000000271. The van der Waals surface area contributed by atoms with Crippen LogP contribution in [0.5, 0.6) is 0 Å². The molecule has 2 aromatic carbocycles. The molecule has 2 N–H and O–H groups in total. The number of hydrogen-bond acceptors (Lipinski definition) is 5. The first-order valence-electron chi connectivity index (χ1n) is 11.1. The highest BCUT2D eigenvalue weighted by Gasteiger charge is 2.34. The SMILES string of the molecule is CCc1cc(F)c2c(c1)C(N(C)[C@@H](C(N)=O)c1cccnc1)CC2.N#Cc1cccc(C=O)c1.